The number of ether oxygens (including phenoxy) is 6. The first-order valence-electron chi connectivity index (χ1n) is 11.4. The van der Waals surface area contributed by atoms with Crippen LogP contribution in [0.5, 0.6) is 11.5 Å². The van der Waals surface area contributed by atoms with Gasteiger partial charge in [0.2, 0.25) is 0 Å². The van der Waals surface area contributed by atoms with E-state index in [-0.39, 0.29) is 12.2 Å². The first-order valence-corrected chi connectivity index (χ1v) is 11.4. The third-order valence-electron chi connectivity index (χ3n) is 6.93. The summed E-state index contributed by atoms with van der Waals surface area (Å²) >= 11 is 0. The van der Waals surface area contributed by atoms with E-state index in [4.69, 9.17) is 28.4 Å². The quantitative estimate of drug-likeness (QED) is 0.391. The van der Waals surface area contributed by atoms with Gasteiger partial charge < -0.3 is 48.8 Å². The second-order valence-electron chi connectivity index (χ2n) is 8.86. The molecule has 4 rings (SSSR count). The Balaban J connectivity index is 1.50. The molecule has 1 aliphatic carbocycles. The molecule has 1 aromatic carbocycles. The Morgan fingerprint density at radius 3 is 2.37 bits per heavy atom. The molecule has 194 valence electrons. The largest absolute Gasteiger partial charge is 0.496 e. The number of aliphatic hydroxyl groups is 4. The molecule has 2 fully saturated rings. The van der Waals surface area contributed by atoms with Crippen molar-refractivity contribution in [3.05, 3.63) is 30.0 Å². The lowest BCUT2D eigenvalue weighted by atomic mass is 9.76. The lowest BCUT2D eigenvalue weighted by Gasteiger charge is -2.45. The van der Waals surface area contributed by atoms with Crippen LogP contribution in [-0.4, -0.2) is 103 Å². The predicted octanol–water partition coefficient (Wildman–Crippen LogP) is -0.377. The SMILES string of the molecule is COc1ccc(C2=COC3CC(OC4OC(CO)C(O)C(O)C4O)C(OC)CC3C2=O)cc1OC. The normalized spacial score (nSPS) is 37.2. The lowest BCUT2D eigenvalue weighted by molar-refractivity contribution is -0.322. The summed E-state index contributed by atoms with van der Waals surface area (Å²) in [7, 11) is 4.55. The third-order valence-corrected chi connectivity index (χ3v) is 6.93. The van der Waals surface area contributed by atoms with Gasteiger partial charge in [-0.2, -0.15) is 0 Å². The van der Waals surface area contributed by atoms with E-state index in [1.54, 1.807) is 18.2 Å². The molecule has 35 heavy (non-hydrogen) atoms. The average molecular weight is 497 g/mol. The van der Waals surface area contributed by atoms with Crippen LogP contribution in [0.15, 0.2) is 24.5 Å². The van der Waals surface area contributed by atoms with Crippen LogP contribution in [0.4, 0.5) is 0 Å². The minimum Gasteiger partial charge on any atom is -0.496 e. The fraction of sp³-hybridized carbons (Fsp3) is 0.625. The summed E-state index contributed by atoms with van der Waals surface area (Å²) < 4.78 is 33.6. The molecule has 0 spiro atoms. The Morgan fingerprint density at radius 2 is 1.71 bits per heavy atom. The van der Waals surface area contributed by atoms with Crippen molar-refractivity contribution in [3.8, 4) is 11.5 Å². The fourth-order valence-electron chi connectivity index (χ4n) is 4.90. The number of rotatable bonds is 7. The monoisotopic (exact) mass is 496 g/mol. The molecule has 9 atom stereocenters. The maximum atomic E-state index is 13.4. The highest BCUT2D eigenvalue weighted by molar-refractivity contribution is 6.22. The molecule has 2 aliphatic heterocycles. The Hall–Kier alpha value is -2.25. The summed E-state index contributed by atoms with van der Waals surface area (Å²) in [5, 5.41) is 39.8. The molecule has 1 saturated heterocycles. The van der Waals surface area contributed by atoms with E-state index in [9.17, 15) is 25.2 Å². The van der Waals surface area contributed by atoms with Gasteiger partial charge in [-0.3, -0.25) is 4.79 Å². The predicted molar refractivity (Wildman–Crippen MR) is 120 cm³/mol. The number of Topliss-reactive ketones (excluding diaryl/α,β-unsaturated/α-hetero) is 1. The Labute approximate surface area is 202 Å². The van der Waals surface area contributed by atoms with Gasteiger partial charge >= 0.3 is 0 Å². The molecule has 1 saturated carbocycles. The molecule has 0 amide bonds. The first kappa shape index (κ1) is 25.8. The van der Waals surface area contributed by atoms with Gasteiger partial charge in [-0.05, 0) is 24.1 Å². The van der Waals surface area contributed by atoms with Crippen molar-refractivity contribution in [2.45, 2.75) is 61.9 Å². The van der Waals surface area contributed by atoms with Gasteiger partial charge in [0.1, 0.15) is 30.5 Å². The van der Waals surface area contributed by atoms with Crippen molar-refractivity contribution in [3.63, 3.8) is 0 Å². The summed E-state index contributed by atoms with van der Waals surface area (Å²) in [4.78, 5) is 13.4. The molecule has 1 aromatic rings. The number of benzene rings is 1. The minimum atomic E-state index is -1.55. The second-order valence-corrected chi connectivity index (χ2v) is 8.86. The summed E-state index contributed by atoms with van der Waals surface area (Å²) in [6.45, 7) is -0.560. The van der Waals surface area contributed by atoms with Gasteiger partial charge in [0.05, 0.1) is 50.8 Å². The maximum Gasteiger partial charge on any atom is 0.187 e. The molecule has 9 unspecified atom stereocenters. The first-order chi connectivity index (χ1) is 16.8. The summed E-state index contributed by atoms with van der Waals surface area (Å²) in [6.07, 6.45) is -6.62. The third kappa shape index (κ3) is 4.90. The topological polar surface area (TPSA) is 153 Å². The number of ketones is 1. The van der Waals surface area contributed by atoms with E-state index in [0.717, 1.165) is 0 Å². The van der Waals surface area contributed by atoms with Gasteiger partial charge in [0.15, 0.2) is 23.6 Å². The van der Waals surface area contributed by atoms with Crippen molar-refractivity contribution in [2.24, 2.45) is 5.92 Å². The van der Waals surface area contributed by atoms with E-state index >= 15 is 0 Å². The van der Waals surface area contributed by atoms with Crippen LogP contribution < -0.4 is 9.47 Å². The van der Waals surface area contributed by atoms with E-state index in [0.29, 0.717) is 29.1 Å². The highest BCUT2D eigenvalue weighted by atomic mass is 16.7. The van der Waals surface area contributed by atoms with Crippen LogP contribution in [-0.2, 0) is 23.7 Å². The number of carbonyl (C=O) groups excluding carboxylic acids is 1. The molecule has 0 bridgehead atoms. The summed E-state index contributed by atoms with van der Waals surface area (Å²) in [6, 6.07) is 5.20. The van der Waals surface area contributed by atoms with Crippen molar-refractivity contribution in [1.29, 1.82) is 0 Å². The Morgan fingerprint density at radius 1 is 0.971 bits per heavy atom. The number of allylic oxidation sites excluding steroid dienone is 1. The number of methoxy groups -OCH3 is 3. The van der Waals surface area contributed by atoms with Gasteiger partial charge in [0.25, 0.3) is 0 Å². The molecule has 2 heterocycles. The number of fused-ring (bicyclic) bond motifs is 1. The van der Waals surface area contributed by atoms with Gasteiger partial charge in [-0.15, -0.1) is 0 Å². The maximum absolute atomic E-state index is 13.4. The van der Waals surface area contributed by atoms with Gasteiger partial charge in [0, 0.05) is 13.5 Å². The number of hydrogen-bond donors (Lipinski definition) is 4. The van der Waals surface area contributed by atoms with Gasteiger partial charge in [-0.25, -0.2) is 0 Å². The minimum absolute atomic E-state index is 0.0955. The van der Waals surface area contributed by atoms with Crippen LogP contribution in [0.25, 0.3) is 5.57 Å². The fourth-order valence-corrected chi connectivity index (χ4v) is 4.90. The molecular formula is C24H32O11. The summed E-state index contributed by atoms with van der Waals surface area (Å²) in [5.74, 6) is 0.459. The Bertz CT molecular complexity index is 932. The van der Waals surface area contributed by atoms with Crippen molar-refractivity contribution in [2.75, 3.05) is 27.9 Å². The molecule has 11 nitrogen and oxygen atoms in total. The molecule has 0 radical (unpaired) electrons. The smallest absolute Gasteiger partial charge is 0.187 e. The van der Waals surface area contributed by atoms with E-state index < -0.39 is 61.5 Å². The van der Waals surface area contributed by atoms with Crippen LogP contribution in [0, 0.1) is 5.92 Å². The zero-order chi connectivity index (χ0) is 25.3. The molecular weight excluding hydrogens is 464 g/mol. The second kappa shape index (κ2) is 10.8. The molecule has 0 aromatic heterocycles. The standard InChI is InChI=1S/C24H32O11/c1-30-14-5-4-11(6-16(14)31-2)13-10-33-15-8-18(17(32-3)7-12(15)20(13)26)34-24-23(29)22(28)21(27)19(9-25)35-24/h4-6,10,12,15,17-19,21-25,27-29H,7-9H2,1-3H3. The highest BCUT2D eigenvalue weighted by Crippen LogP contribution is 2.40. The molecule has 3 aliphatic rings. The van der Waals surface area contributed by atoms with Crippen LogP contribution in [0.2, 0.25) is 0 Å². The summed E-state index contributed by atoms with van der Waals surface area (Å²) in [5.41, 5.74) is 1.05. The highest BCUT2D eigenvalue weighted by Gasteiger charge is 2.49. The lowest BCUT2D eigenvalue weighted by Crippen LogP contribution is -2.61. The van der Waals surface area contributed by atoms with E-state index in [2.05, 4.69) is 0 Å². The van der Waals surface area contributed by atoms with E-state index in [1.807, 2.05) is 0 Å². The average Bonchev–Trinajstić information content (AvgIpc) is 2.88. The van der Waals surface area contributed by atoms with Crippen LogP contribution >= 0.6 is 0 Å². The van der Waals surface area contributed by atoms with Crippen molar-refractivity contribution < 1.29 is 53.6 Å². The van der Waals surface area contributed by atoms with Crippen LogP contribution in [0.3, 0.4) is 0 Å². The number of hydrogen-bond acceptors (Lipinski definition) is 11. The van der Waals surface area contributed by atoms with Gasteiger partial charge in [-0.1, -0.05) is 6.07 Å². The number of carbonyl (C=O) groups is 1. The Kier molecular flexibility index (Phi) is 7.96. The molecule has 4 N–H and O–H groups in total. The zero-order valence-electron chi connectivity index (χ0n) is 19.8. The zero-order valence-corrected chi connectivity index (χ0v) is 19.8. The molecule has 11 heteroatoms. The van der Waals surface area contributed by atoms with Crippen LogP contribution in [0.1, 0.15) is 18.4 Å². The number of aliphatic hydroxyl groups excluding tert-OH is 4. The van der Waals surface area contributed by atoms with E-state index in [1.165, 1.54) is 27.6 Å². The van der Waals surface area contributed by atoms with Crippen molar-refractivity contribution in [1.82, 2.24) is 0 Å². The van der Waals surface area contributed by atoms with Crippen molar-refractivity contribution >= 4 is 11.4 Å².